The van der Waals surface area contributed by atoms with Gasteiger partial charge in [-0.15, -0.1) is 0 Å². The van der Waals surface area contributed by atoms with Gasteiger partial charge in [-0.2, -0.15) is 0 Å². The van der Waals surface area contributed by atoms with Crippen molar-refractivity contribution >= 4 is 17.3 Å². The number of rotatable bonds is 1. The highest BCUT2D eigenvalue weighted by atomic mass is 35.5. The molecule has 0 radical (unpaired) electrons. The number of benzene rings is 1. The van der Waals surface area contributed by atoms with Crippen molar-refractivity contribution in [3.8, 4) is 0 Å². The number of anilines is 1. The van der Waals surface area contributed by atoms with Crippen LogP contribution in [-0.4, -0.2) is 25.7 Å². The van der Waals surface area contributed by atoms with Crippen LogP contribution < -0.4 is 10.2 Å². The van der Waals surface area contributed by atoms with Crippen LogP contribution in [-0.2, 0) is 0 Å². The first-order valence-electron chi connectivity index (χ1n) is 6.62. The second-order valence-corrected chi connectivity index (χ2v) is 6.62. The smallest absolute Gasteiger partial charge is 0.0455 e. The van der Waals surface area contributed by atoms with Crippen molar-refractivity contribution in [1.82, 2.24) is 5.32 Å². The van der Waals surface area contributed by atoms with E-state index in [0.29, 0.717) is 6.04 Å². The maximum atomic E-state index is 6.24. The summed E-state index contributed by atoms with van der Waals surface area (Å²) in [5.41, 5.74) is 2.73. The standard InChI is InChI=1S/C15H23ClN2/c1-11-8-18(10-15(3,4)9-17-11)14-7-5-6-13(16)12(14)2/h5-7,11,17H,8-10H2,1-4H3. The van der Waals surface area contributed by atoms with Gasteiger partial charge in [0.05, 0.1) is 0 Å². The van der Waals surface area contributed by atoms with Gasteiger partial charge in [-0.3, -0.25) is 0 Å². The first-order valence-corrected chi connectivity index (χ1v) is 7.00. The third-order valence-electron chi connectivity index (χ3n) is 3.62. The summed E-state index contributed by atoms with van der Waals surface area (Å²) in [6.45, 7) is 12.1. The fourth-order valence-corrected chi connectivity index (χ4v) is 2.77. The molecule has 1 atom stereocenters. The van der Waals surface area contributed by atoms with E-state index in [2.05, 4.69) is 44.0 Å². The van der Waals surface area contributed by atoms with Crippen LogP contribution in [0.3, 0.4) is 0 Å². The Bertz CT molecular complexity index is 429. The van der Waals surface area contributed by atoms with E-state index in [4.69, 9.17) is 11.6 Å². The van der Waals surface area contributed by atoms with Crippen LogP contribution in [0.4, 0.5) is 5.69 Å². The Kier molecular flexibility index (Phi) is 3.88. The molecule has 1 aromatic rings. The van der Waals surface area contributed by atoms with E-state index < -0.39 is 0 Å². The minimum atomic E-state index is 0.277. The Labute approximate surface area is 115 Å². The van der Waals surface area contributed by atoms with Crippen molar-refractivity contribution in [2.75, 3.05) is 24.5 Å². The van der Waals surface area contributed by atoms with Crippen LogP contribution in [0.25, 0.3) is 0 Å². The number of nitrogens with zero attached hydrogens (tertiary/aromatic N) is 1. The highest BCUT2D eigenvalue weighted by Crippen LogP contribution is 2.30. The fraction of sp³-hybridized carbons (Fsp3) is 0.600. The molecule has 2 rings (SSSR count). The van der Waals surface area contributed by atoms with Crippen LogP contribution in [0, 0.1) is 12.3 Å². The summed E-state index contributed by atoms with van der Waals surface area (Å²) in [6.07, 6.45) is 0. The van der Waals surface area contributed by atoms with Gasteiger partial charge in [0.2, 0.25) is 0 Å². The van der Waals surface area contributed by atoms with Crippen LogP contribution in [0.15, 0.2) is 18.2 Å². The minimum Gasteiger partial charge on any atom is -0.369 e. The van der Waals surface area contributed by atoms with E-state index in [1.165, 1.54) is 11.3 Å². The summed E-state index contributed by atoms with van der Waals surface area (Å²) in [5, 5.41) is 4.45. The van der Waals surface area contributed by atoms with Crippen molar-refractivity contribution in [3.63, 3.8) is 0 Å². The van der Waals surface area contributed by atoms with Crippen molar-refractivity contribution in [1.29, 1.82) is 0 Å². The van der Waals surface area contributed by atoms with Gasteiger partial charge < -0.3 is 10.2 Å². The zero-order valence-electron chi connectivity index (χ0n) is 11.8. The molecule has 1 heterocycles. The molecule has 1 fully saturated rings. The zero-order valence-corrected chi connectivity index (χ0v) is 12.5. The average Bonchev–Trinajstić information content (AvgIpc) is 2.42. The zero-order chi connectivity index (χ0) is 13.3. The van der Waals surface area contributed by atoms with Gasteiger partial charge in [-0.25, -0.2) is 0 Å². The molecule has 3 heteroatoms. The topological polar surface area (TPSA) is 15.3 Å². The molecule has 0 bridgehead atoms. The van der Waals surface area contributed by atoms with Crippen molar-refractivity contribution in [2.45, 2.75) is 33.7 Å². The molecule has 1 aromatic carbocycles. The van der Waals surface area contributed by atoms with E-state index in [1.54, 1.807) is 0 Å². The normalized spacial score (nSPS) is 23.8. The number of nitrogens with one attached hydrogen (secondary N) is 1. The molecule has 18 heavy (non-hydrogen) atoms. The second-order valence-electron chi connectivity index (χ2n) is 6.21. The predicted octanol–water partition coefficient (Wildman–Crippen LogP) is 3.47. The SMILES string of the molecule is Cc1c(Cl)cccc1N1CC(C)NCC(C)(C)C1. The summed E-state index contributed by atoms with van der Waals surface area (Å²) >= 11 is 6.24. The van der Waals surface area contributed by atoms with Crippen LogP contribution in [0.2, 0.25) is 5.02 Å². The molecule has 0 aromatic heterocycles. The second kappa shape index (κ2) is 5.10. The summed E-state index contributed by atoms with van der Waals surface area (Å²) in [4.78, 5) is 2.46. The lowest BCUT2D eigenvalue weighted by atomic mass is 9.93. The van der Waals surface area contributed by atoms with E-state index >= 15 is 0 Å². The maximum Gasteiger partial charge on any atom is 0.0455 e. The molecule has 1 aliphatic heterocycles. The molecule has 1 saturated heterocycles. The summed E-state index contributed by atoms with van der Waals surface area (Å²) in [6, 6.07) is 6.69. The van der Waals surface area contributed by atoms with Gasteiger partial charge in [0, 0.05) is 36.4 Å². The molecular weight excluding hydrogens is 244 g/mol. The van der Waals surface area contributed by atoms with E-state index in [1.807, 2.05) is 12.1 Å². The molecule has 0 saturated carbocycles. The van der Waals surface area contributed by atoms with E-state index in [-0.39, 0.29) is 5.41 Å². The first kappa shape index (κ1) is 13.7. The summed E-state index contributed by atoms with van der Waals surface area (Å²) in [7, 11) is 0. The largest absolute Gasteiger partial charge is 0.369 e. The Morgan fingerprint density at radius 2 is 2.11 bits per heavy atom. The lowest BCUT2D eigenvalue weighted by Gasteiger charge is -2.32. The Hall–Kier alpha value is -0.730. The summed E-state index contributed by atoms with van der Waals surface area (Å²) < 4.78 is 0. The lowest BCUT2D eigenvalue weighted by molar-refractivity contribution is 0.362. The average molecular weight is 267 g/mol. The highest BCUT2D eigenvalue weighted by Gasteiger charge is 2.28. The maximum absolute atomic E-state index is 6.24. The van der Waals surface area contributed by atoms with Gasteiger partial charge in [-0.05, 0) is 37.0 Å². The third kappa shape index (κ3) is 2.99. The quantitative estimate of drug-likeness (QED) is 0.837. The Morgan fingerprint density at radius 3 is 2.83 bits per heavy atom. The van der Waals surface area contributed by atoms with Gasteiger partial charge >= 0.3 is 0 Å². The Balaban J connectivity index is 2.32. The number of hydrogen-bond acceptors (Lipinski definition) is 2. The molecular formula is C15H23ClN2. The number of halogens is 1. The molecule has 2 nitrogen and oxygen atoms in total. The van der Waals surface area contributed by atoms with Crippen molar-refractivity contribution in [2.24, 2.45) is 5.41 Å². The lowest BCUT2D eigenvalue weighted by Crippen LogP contribution is -2.36. The van der Waals surface area contributed by atoms with Gasteiger partial charge in [0.1, 0.15) is 0 Å². The van der Waals surface area contributed by atoms with Crippen molar-refractivity contribution in [3.05, 3.63) is 28.8 Å². The molecule has 100 valence electrons. The molecule has 1 N–H and O–H groups in total. The number of hydrogen-bond donors (Lipinski definition) is 1. The van der Waals surface area contributed by atoms with Crippen molar-refractivity contribution < 1.29 is 0 Å². The monoisotopic (exact) mass is 266 g/mol. The van der Waals surface area contributed by atoms with Crippen LogP contribution in [0.1, 0.15) is 26.3 Å². The third-order valence-corrected chi connectivity index (χ3v) is 4.03. The predicted molar refractivity (Wildman–Crippen MR) is 79.6 cm³/mol. The molecule has 0 amide bonds. The first-order chi connectivity index (χ1) is 8.39. The fourth-order valence-electron chi connectivity index (χ4n) is 2.60. The van der Waals surface area contributed by atoms with E-state index in [9.17, 15) is 0 Å². The molecule has 1 aliphatic rings. The summed E-state index contributed by atoms with van der Waals surface area (Å²) in [5.74, 6) is 0. The Morgan fingerprint density at radius 1 is 1.39 bits per heavy atom. The van der Waals surface area contributed by atoms with Gasteiger partial charge in [0.15, 0.2) is 0 Å². The van der Waals surface area contributed by atoms with Crippen LogP contribution in [0.5, 0.6) is 0 Å². The van der Waals surface area contributed by atoms with Crippen LogP contribution >= 0.6 is 11.6 Å². The molecule has 0 aliphatic carbocycles. The minimum absolute atomic E-state index is 0.277. The van der Waals surface area contributed by atoms with E-state index in [0.717, 1.165) is 24.7 Å². The highest BCUT2D eigenvalue weighted by molar-refractivity contribution is 6.31. The molecule has 1 unspecified atom stereocenters. The molecule has 0 spiro atoms. The van der Waals surface area contributed by atoms with Gasteiger partial charge in [-0.1, -0.05) is 31.5 Å². The van der Waals surface area contributed by atoms with Gasteiger partial charge in [0.25, 0.3) is 0 Å².